The second-order valence-electron chi connectivity index (χ2n) is 13.2. The van der Waals surface area contributed by atoms with Crippen LogP contribution in [0.5, 0.6) is 0 Å². The van der Waals surface area contributed by atoms with Crippen LogP contribution in [0.15, 0.2) is 140 Å². The molecule has 0 fully saturated rings. The van der Waals surface area contributed by atoms with Crippen molar-refractivity contribution < 1.29 is 0 Å². The summed E-state index contributed by atoms with van der Waals surface area (Å²) in [5.74, 6) is 0.710. The molecule has 0 spiro atoms. The molecule has 0 atom stereocenters. The molecule has 0 unspecified atom stereocenters. The molecule has 226 valence electrons. The molecule has 2 heterocycles. The number of hydrogen-bond donors (Lipinski definition) is 0. The van der Waals surface area contributed by atoms with Crippen LogP contribution in [0.2, 0.25) is 0 Å². The minimum absolute atomic E-state index is 0.0907. The number of fused-ring (bicyclic) bond motifs is 9. The number of benzene rings is 7. The molecule has 9 aromatic rings. The maximum Gasteiger partial charge on any atom is 0.160 e. The van der Waals surface area contributed by atoms with Crippen LogP contribution in [0.25, 0.3) is 82.9 Å². The summed E-state index contributed by atoms with van der Waals surface area (Å²) in [6, 6.07) is 49.0. The third-order valence-corrected chi connectivity index (χ3v) is 10.1. The van der Waals surface area contributed by atoms with Gasteiger partial charge in [-0.25, -0.2) is 9.97 Å². The van der Waals surface area contributed by atoms with Gasteiger partial charge in [-0.05, 0) is 74.8 Å². The molecule has 0 saturated heterocycles. The highest BCUT2D eigenvalue weighted by Crippen LogP contribution is 2.49. The third-order valence-electron chi connectivity index (χ3n) is 10.1. The average Bonchev–Trinajstić information content (AvgIpc) is 3.68. The predicted molar refractivity (Wildman–Crippen MR) is 195 cm³/mol. The lowest BCUT2D eigenvalue weighted by Crippen LogP contribution is -2.14. The van der Waals surface area contributed by atoms with Crippen molar-refractivity contribution >= 4 is 43.5 Å². The van der Waals surface area contributed by atoms with Crippen molar-refractivity contribution in [3.05, 3.63) is 151 Å². The zero-order valence-corrected chi connectivity index (χ0v) is 26.5. The van der Waals surface area contributed by atoms with Gasteiger partial charge in [-0.2, -0.15) is 4.80 Å². The van der Waals surface area contributed by atoms with E-state index in [4.69, 9.17) is 20.2 Å². The Kier molecular flexibility index (Phi) is 5.56. The second-order valence-corrected chi connectivity index (χ2v) is 13.2. The number of aromatic nitrogens is 5. The third kappa shape index (κ3) is 3.91. The molecule has 5 heteroatoms. The predicted octanol–water partition coefficient (Wildman–Crippen LogP) is 10.3. The molecule has 5 nitrogen and oxygen atoms in total. The van der Waals surface area contributed by atoms with Gasteiger partial charge < -0.3 is 0 Å². The lowest BCUT2D eigenvalue weighted by Gasteiger charge is -2.22. The molecule has 0 bridgehead atoms. The van der Waals surface area contributed by atoms with E-state index in [1.807, 2.05) is 42.5 Å². The molecule has 1 aliphatic rings. The van der Waals surface area contributed by atoms with E-state index in [1.54, 1.807) is 4.80 Å². The van der Waals surface area contributed by atoms with E-state index in [2.05, 4.69) is 111 Å². The molecule has 0 aliphatic heterocycles. The molecule has 1 aliphatic carbocycles. The fourth-order valence-corrected chi connectivity index (χ4v) is 7.62. The van der Waals surface area contributed by atoms with Gasteiger partial charge in [0.15, 0.2) is 5.82 Å². The first-order valence-electron chi connectivity index (χ1n) is 16.3. The van der Waals surface area contributed by atoms with Crippen molar-refractivity contribution in [3.63, 3.8) is 0 Å². The van der Waals surface area contributed by atoms with Crippen molar-refractivity contribution in [2.75, 3.05) is 0 Å². The highest BCUT2D eigenvalue weighted by atomic mass is 15.5. The lowest BCUT2D eigenvalue weighted by molar-refractivity contribution is 0.660. The van der Waals surface area contributed by atoms with Crippen molar-refractivity contribution in [1.29, 1.82) is 0 Å². The van der Waals surface area contributed by atoms with Crippen LogP contribution in [-0.2, 0) is 5.41 Å². The summed E-state index contributed by atoms with van der Waals surface area (Å²) >= 11 is 0. The fraction of sp³-hybridized carbons (Fsp3) is 0.0698. The van der Waals surface area contributed by atoms with Crippen molar-refractivity contribution in [2.24, 2.45) is 0 Å². The Morgan fingerprint density at radius 2 is 1.27 bits per heavy atom. The second kappa shape index (κ2) is 9.90. The van der Waals surface area contributed by atoms with E-state index in [1.165, 1.54) is 22.3 Å². The van der Waals surface area contributed by atoms with Gasteiger partial charge in [0, 0.05) is 27.3 Å². The quantitative estimate of drug-likeness (QED) is 0.186. The summed E-state index contributed by atoms with van der Waals surface area (Å²) in [5.41, 5.74) is 11.9. The maximum atomic E-state index is 5.28. The highest BCUT2D eigenvalue weighted by molar-refractivity contribution is 6.18. The van der Waals surface area contributed by atoms with E-state index in [9.17, 15) is 0 Å². The Bertz CT molecular complexity index is 2760. The first-order chi connectivity index (χ1) is 23.5. The van der Waals surface area contributed by atoms with Crippen LogP contribution in [0.4, 0.5) is 0 Å². The molecule has 10 rings (SSSR count). The van der Waals surface area contributed by atoms with Gasteiger partial charge in [0.05, 0.1) is 16.9 Å². The molecule has 2 aromatic heterocycles. The van der Waals surface area contributed by atoms with Crippen LogP contribution in [-0.4, -0.2) is 25.0 Å². The zero-order chi connectivity index (χ0) is 32.0. The Hall–Kier alpha value is -6.20. The minimum Gasteiger partial charge on any atom is -0.228 e. The summed E-state index contributed by atoms with van der Waals surface area (Å²) in [6.07, 6.45) is 0. The van der Waals surface area contributed by atoms with Gasteiger partial charge in [0.2, 0.25) is 0 Å². The fourth-order valence-electron chi connectivity index (χ4n) is 7.62. The SMILES string of the molecule is CC1(C)c2ccccc2-c2ccc(-c3nc(-c4ccc5c(ccc6ccc7nn(-c8ccccc8)nc7c65)c4)nc4ccccc34)cc21. The summed E-state index contributed by atoms with van der Waals surface area (Å²) < 4.78 is 0. The topological polar surface area (TPSA) is 56.5 Å². The Balaban J connectivity index is 1.13. The average molecular weight is 616 g/mol. The smallest absolute Gasteiger partial charge is 0.160 e. The summed E-state index contributed by atoms with van der Waals surface area (Å²) in [5, 5.41) is 15.3. The van der Waals surface area contributed by atoms with E-state index in [0.29, 0.717) is 5.82 Å². The molecule has 0 amide bonds. The monoisotopic (exact) mass is 615 g/mol. The Labute approximate surface area is 277 Å². The van der Waals surface area contributed by atoms with Crippen LogP contribution >= 0.6 is 0 Å². The van der Waals surface area contributed by atoms with E-state index >= 15 is 0 Å². The maximum absolute atomic E-state index is 5.28. The Morgan fingerprint density at radius 1 is 0.521 bits per heavy atom. The minimum atomic E-state index is -0.0907. The van der Waals surface area contributed by atoms with Crippen LogP contribution < -0.4 is 0 Å². The van der Waals surface area contributed by atoms with E-state index in [0.717, 1.165) is 66.0 Å². The molecular weight excluding hydrogens is 587 g/mol. The molecule has 0 radical (unpaired) electrons. The summed E-state index contributed by atoms with van der Waals surface area (Å²) in [4.78, 5) is 12.1. The molecule has 0 N–H and O–H groups in total. The van der Waals surface area contributed by atoms with E-state index < -0.39 is 0 Å². The number of rotatable bonds is 3. The number of para-hydroxylation sites is 2. The molecular formula is C43H29N5. The normalized spacial score (nSPS) is 13.4. The zero-order valence-electron chi connectivity index (χ0n) is 26.5. The Morgan fingerprint density at radius 3 is 2.19 bits per heavy atom. The van der Waals surface area contributed by atoms with Gasteiger partial charge in [-0.3, -0.25) is 0 Å². The van der Waals surface area contributed by atoms with Gasteiger partial charge in [0.25, 0.3) is 0 Å². The van der Waals surface area contributed by atoms with Gasteiger partial charge >= 0.3 is 0 Å². The first-order valence-corrected chi connectivity index (χ1v) is 16.3. The van der Waals surface area contributed by atoms with Gasteiger partial charge in [-0.15, -0.1) is 10.2 Å². The first kappa shape index (κ1) is 27.0. The molecule has 48 heavy (non-hydrogen) atoms. The van der Waals surface area contributed by atoms with Crippen LogP contribution in [0.3, 0.4) is 0 Å². The highest BCUT2D eigenvalue weighted by Gasteiger charge is 2.35. The van der Waals surface area contributed by atoms with Gasteiger partial charge in [0.1, 0.15) is 11.0 Å². The number of hydrogen-bond acceptors (Lipinski definition) is 4. The number of nitrogens with zero attached hydrogens (tertiary/aromatic N) is 5. The largest absolute Gasteiger partial charge is 0.228 e. The van der Waals surface area contributed by atoms with Crippen LogP contribution in [0.1, 0.15) is 25.0 Å². The van der Waals surface area contributed by atoms with Crippen molar-refractivity contribution in [1.82, 2.24) is 25.0 Å². The molecule has 0 saturated carbocycles. The summed E-state index contributed by atoms with van der Waals surface area (Å²) in [7, 11) is 0. The van der Waals surface area contributed by atoms with Crippen molar-refractivity contribution in [3.8, 4) is 39.5 Å². The van der Waals surface area contributed by atoms with Crippen molar-refractivity contribution in [2.45, 2.75) is 19.3 Å². The van der Waals surface area contributed by atoms with E-state index in [-0.39, 0.29) is 5.41 Å². The summed E-state index contributed by atoms with van der Waals surface area (Å²) in [6.45, 7) is 4.64. The van der Waals surface area contributed by atoms with Gasteiger partial charge in [-0.1, -0.05) is 117 Å². The standard InChI is InChI=1S/C43H29N5/c1-43(2)35-14-8-6-12-32(35)33-22-18-28(25-36(33)43)40-34-13-7-9-15-37(34)44-42(45-40)29-19-21-31-27(24-29)17-16-26-20-23-38-41(39(26)31)47-48(46-38)30-10-4-3-5-11-30/h3-25H,1-2H3. The van der Waals surface area contributed by atoms with Crippen LogP contribution in [0, 0.1) is 0 Å². The molecule has 7 aromatic carbocycles. The lowest BCUT2D eigenvalue weighted by atomic mass is 9.82.